The Morgan fingerprint density at radius 1 is 0.312 bits per heavy atom. The Labute approximate surface area is 277 Å². The number of nitrogens with one attached hydrogen (secondary N) is 4. The minimum absolute atomic E-state index is 0.963. The Morgan fingerprint density at radius 2 is 0.646 bits per heavy atom. The highest BCUT2D eigenvalue weighted by atomic mass is 14.8. The van der Waals surface area contributed by atoms with Gasteiger partial charge in [-0.15, -0.1) is 0 Å². The Hall–Kier alpha value is -6.02. The fourth-order valence-electron chi connectivity index (χ4n) is 6.65. The topological polar surface area (TPSA) is 115 Å². The number of aromatic amines is 4. The van der Waals surface area contributed by atoms with Gasteiger partial charge in [-0.3, -0.25) is 4.98 Å². The van der Waals surface area contributed by atoms with Crippen LogP contribution in [0.1, 0.15) is 68.3 Å². The summed E-state index contributed by atoms with van der Waals surface area (Å²) in [6, 6.07) is 25.3. The number of hydrogen-bond donors (Lipinski definition) is 4. The molecule has 0 saturated carbocycles. The van der Waals surface area contributed by atoms with Gasteiger partial charge in [0, 0.05) is 56.2 Å². The predicted molar refractivity (Wildman–Crippen MR) is 194 cm³/mol. The van der Waals surface area contributed by atoms with Crippen LogP contribution in [0.15, 0.2) is 72.8 Å². The fourth-order valence-corrected chi connectivity index (χ4v) is 6.65. The van der Waals surface area contributed by atoms with Crippen LogP contribution in [0.4, 0.5) is 0 Å². The minimum atomic E-state index is 0.963. The molecule has 0 atom stereocenters. The molecule has 4 aromatic heterocycles. The third-order valence-electron chi connectivity index (χ3n) is 8.94. The van der Waals surface area contributed by atoms with E-state index in [1.165, 1.54) is 28.5 Å². The maximum atomic E-state index is 4.78. The van der Waals surface area contributed by atoms with Crippen molar-refractivity contribution >= 4 is 58.5 Å². The quantitative estimate of drug-likeness (QED) is 0.137. The lowest BCUT2D eigenvalue weighted by molar-refractivity contribution is 0.998. The molecule has 8 nitrogen and oxygen atoms in total. The Bertz CT molecular complexity index is 2340. The molecule has 6 aliphatic heterocycles. The average molecular weight is 627 g/mol. The smallest absolute Gasteiger partial charge is 0.0658 e. The summed E-state index contributed by atoms with van der Waals surface area (Å²) in [6.45, 7) is 0. The average Bonchev–Trinajstić information content (AvgIpc) is 3.91. The first-order valence-electron chi connectivity index (χ1n) is 16.6. The molecule has 0 spiro atoms. The maximum Gasteiger partial charge on any atom is 0.0658 e. The summed E-state index contributed by atoms with van der Waals surface area (Å²) in [4.78, 5) is 32.6. The van der Waals surface area contributed by atoms with Crippen LogP contribution in [0, 0.1) is 0 Å². The second-order valence-corrected chi connectivity index (χ2v) is 12.7. The van der Waals surface area contributed by atoms with Crippen molar-refractivity contribution in [2.45, 2.75) is 38.5 Å². The Kier molecular flexibility index (Phi) is 7.04. The number of fused-ring (bicyclic) bond motifs is 16. The highest BCUT2D eigenvalue weighted by molar-refractivity contribution is 5.75. The number of aromatic nitrogens is 8. The third kappa shape index (κ3) is 6.33. The lowest BCUT2D eigenvalue weighted by atomic mass is 10.2. The molecule has 48 heavy (non-hydrogen) atoms. The highest BCUT2D eigenvalue weighted by Gasteiger charge is 2.10. The Balaban J connectivity index is 0.000000131. The fraction of sp³-hybridized carbons (Fsp3) is 0.150. The van der Waals surface area contributed by atoms with Gasteiger partial charge in [0.05, 0.1) is 34.2 Å². The molecule has 0 aromatic carbocycles. The van der Waals surface area contributed by atoms with Crippen molar-refractivity contribution in [2.75, 3.05) is 0 Å². The molecule has 4 aromatic rings. The summed E-state index contributed by atoms with van der Waals surface area (Å²) in [6.07, 6.45) is 18.5. The molecule has 4 N–H and O–H groups in total. The summed E-state index contributed by atoms with van der Waals surface area (Å²) >= 11 is 0. The van der Waals surface area contributed by atoms with Crippen LogP contribution in [-0.2, 0) is 38.5 Å². The first kappa shape index (κ1) is 28.2. The van der Waals surface area contributed by atoms with Gasteiger partial charge in [-0.05, 0) is 148 Å². The third-order valence-corrected chi connectivity index (χ3v) is 8.94. The van der Waals surface area contributed by atoms with E-state index in [0.717, 1.165) is 100 Å². The van der Waals surface area contributed by atoms with Crippen LogP contribution >= 0.6 is 0 Å². The monoisotopic (exact) mass is 626 g/mol. The number of aryl methyl sites for hydroxylation is 6. The van der Waals surface area contributed by atoms with Gasteiger partial charge in [-0.1, -0.05) is 0 Å². The number of hydrogen-bond acceptors (Lipinski definition) is 4. The maximum absolute atomic E-state index is 4.78. The largest absolute Gasteiger partial charge is 0.362 e. The van der Waals surface area contributed by atoms with E-state index in [0.29, 0.717) is 0 Å². The molecule has 0 amide bonds. The second kappa shape index (κ2) is 12.0. The number of rotatable bonds is 0. The summed E-state index contributed by atoms with van der Waals surface area (Å²) in [5, 5.41) is 0. The van der Waals surface area contributed by atoms with E-state index in [1.807, 2.05) is 12.2 Å². The van der Waals surface area contributed by atoms with Crippen LogP contribution < -0.4 is 0 Å². The van der Waals surface area contributed by atoms with Crippen molar-refractivity contribution in [2.24, 2.45) is 0 Å². The molecule has 16 bridgehead atoms. The predicted octanol–water partition coefficient (Wildman–Crippen LogP) is 7.94. The molecule has 10 rings (SSSR count). The van der Waals surface area contributed by atoms with Crippen LogP contribution in [0.2, 0.25) is 0 Å². The molecule has 10 heterocycles. The molecule has 0 saturated heterocycles. The zero-order chi connectivity index (χ0) is 31.9. The van der Waals surface area contributed by atoms with E-state index in [9.17, 15) is 0 Å². The summed E-state index contributed by atoms with van der Waals surface area (Å²) in [7, 11) is 0. The number of H-pyrrole nitrogens is 4. The van der Waals surface area contributed by atoms with Crippen LogP contribution in [0.3, 0.4) is 0 Å². The Morgan fingerprint density at radius 3 is 1.06 bits per heavy atom. The van der Waals surface area contributed by atoms with Gasteiger partial charge in [0.2, 0.25) is 0 Å². The van der Waals surface area contributed by atoms with E-state index in [-0.39, 0.29) is 0 Å². The molecule has 8 heteroatoms. The summed E-state index contributed by atoms with van der Waals surface area (Å²) < 4.78 is 0. The van der Waals surface area contributed by atoms with Gasteiger partial charge in [-0.2, -0.15) is 0 Å². The van der Waals surface area contributed by atoms with Crippen molar-refractivity contribution in [3.05, 3.63) is 141 Å². The van der Waals surface area contributed by atoms with Gasteiger partial charge in [-0.25, -0.2) is 15.0 Å². The highest BCUT2D eigenvalue weighted by Crippen LogP contribution is 2.20. The van der Waals surface area contributed by atoms with E-state index >= 15 is 0 Å². The lowest BCUT2D eigenvalue weighted by Gasteiger charge is -1.88. The van der Waals surface area contributed by atoms with Crippen molar-refractivity contribution in [1.82, 2.24) is 39.9 Å². The minimum Gasteiger partial charge on any atom is -0.362 e. The number of nitrogens with zero attached hydrogens (tertiary/aromatic N) is 4. The van der Waals surface area contributed by atoms with E-state index in [2.05, 4.69) is 132 Å². The molecule has 0 unspecified atom stereocenters. The summed E-state index contributed by atoms with van der Waals surface area (Å²) in [5.74, 6) is 0. The SMILES string of the molecule is C1=Cc2cc3ccc(cc4nc(cc5[nH]c(cc1n2)CC5)C=C4)[nH]3.C1=Cc2cc3ccc(cc4nc(cc5[nH]c(cc1n2)CC5)CC4)[nH]3. The van der Waals surface area contributed by atoms with Crippen molar-refractivity contribution in [3.8, 4) is 0 Å². The van der Waals surface area contributed by atoms with Gasteiger partial charge in [0.15, 0.2) is 0 Å². The molecule has 0 fully saturated rings. The first-order valence-corrected chi connectivity index (χ1v) is 16.6. The van der Waals surface area contributed by atoms with Crippen molar-refractivity contribution in [3.63, 3.8) is 0 Å². The standard InChI is InChI=1S/C20H18N4.C20H16N4/c2*1-2-14-10-16-5-6-18(23-16)12-20-8-7-19(24-20)11-17-4-3-15(22-17)9-13(1)21-14/h1-4,9-12,21,24H,5-8H2;1-6,9-12,21,24H,7-8H2. The van der Waals surface area contributed by atoms with Gasteiger partial charge in [0.25, 0.3) is 0 Å². The zero-order valence-corrected chi connectivity index (χ0v) is 26.4. The van der Waals surface area contributed by atoms with Gasteiger partial charge >= 0.3 is 0 Å². The van der Waals surface area contributed by atoms with Crippen LogP contribution in [-0.4, -0.2) is 39.9 Å². The molecule has 0 radical (unpaired) electrons. The van der Waals surface area contributed by atoms with E-state index < -0.39 is 0 Å². The van der Waals surface area contributed by atoms with E-state index in [1.54, 1.807) is 0 Å². The molecule has 6 aliphatic rings. The van der Waals surface area contributed by atoms with Crippen LogP contribution in [0.25, 0.3) is 58.5 Å². The molecular formula is C40H34N8. The van der Waals surface area contributed by atoms with Gasteiger partial charge in [0.1, 0.15) is 0 Å². The van der Waals surface area contributed by atoms with Crippen molar-refractivity contribution in [1.29, 1.82) is 0 Å². The first-order chi connectivity index (χ1) is 23.6. The van der Waals surface area contributed by atoms with Gasteiger partial charge < -0.3 is 19.9 Å². The second-order valence-electron chi connectivity index (χ2n) is 12.7. The van der Waals surface area contributed by atoms with E-state index in [4.69, 9.17) is 4.98 Å². The van der Waals surface area contributed by atoms with Crippen molar-refractivity contribution < 1.29 is 0 Å². The molecular weight excluding hydrogens is 592 g/mol. The molecule has 0 aliphatic carbocycles. The lowest BCUT2D eigenvalue weighted by Crippen LogP contribution is -1.82. The molecule has 234 valence electrons. The normalized spacial score (nSPS) is 14.3. The zero-order valence-electron chi connectivity index (χ0n) is 26.4. The van der Waals surface area contributed by atoms with Crippen LogP contribution in [0.5, 0.6) is 0 Å². The summed E-state index contributed by atoms with van der Waals surface area (Å²) in [5.41, 5.74) is 17.3.